The first kappa shape index (κ1) is 8.73. The predicted octanol–water partition coefficient (Wildman–Crippen LogP) is 0.216. The van der Waals surface area contributed by atoms with Crippen molar-refractivity contribution >= 4 is 5.97 Å². The summed E-state index contributed by atoms with van der Waals surface area (Å²) in [5.41, 5.74) is 5.85. The normalized spacial score (nSPS) is 12.6. The number of esters is 1. The summed E-state index contributed by atoms with van der Waals surface area (Å²) in [6.07, 6.45) is 1.41. The molecule has 1 atom stereocenters. The van der Waals surface area contributed by atoms with Crippen molar-refractivity contribution in [3.8, 4) is 0 Å². The fraction of sp³-hybridized carbons (Fsp3) is 0.429. The molecule has 0 amide bonds. The van der Waals surface area contributed by atoms with E-state index >= 15 is 0 Å². The van der Waals surface area contributed by atoms with Crippen LogP contribution in [0, 0.1) is 0 Å². The third-order valence-corrected chi connectivity index (χ3v) is 1.43. The molecule has 1 aromatic rings. The lowest BCUT2D eigenvalue weighted by Gasteiger charge is -1.97. The van der Waals surface area contributed by atoms with Crippen molar-refractivity contribution in [3.05, 3.63) is 17.7 Å². The molecule has 5 nitrogen and oxygen atoms in total. The molecule has 1 heterocycles. The van der Waals surface area contributed by atoms with Crippen molar-refractivity contribution in [2.24, 2.45) is 5.73 Å². The Morgan fingerprint density at radius 1 is 1.83 bits per heavy atom. The zero-order valence-electron chi connectivity index (χ0n) is 7.00. The number of hydrogen-bond donors (Lipinski definition) is 2. The number of methoxy groups -OCH3 is 1. The number of hydrogen-bond acceptors (Lipinski definition) is 4. The minimum Gasteiger partial charge on any atom is -0.464 e. The van der Waals surface area contributed by atoms with E-state index in [0.717, 1.165) is 0 Å². The van der Waals surface area contributed by atoms with Gasteiger partial charge < -0.3 is 15.5 Å². The molecule has 0 saturated heterocycles. The number of aromatic amines is 1. The number of nitrogens with two attached hydrogens (primary N) is 1. The van der Waals surface area contributed by atoms with Gasteiger partial charge in [-0.05, 0) is 6.92 Å². The summed E-state index contributed by atoms with van der Waals surface area (Å²) in [4.78, 5) is 17.6. The Morgan fingerprint density at radius 3 is 2.92 bits per heavy atom. The highest BCUT2D eigenvalue weighted by Gasteiger charge is 2.10. The molecule has 0 fully saturated rings. The Labute approximate surface area is 69.9 Å². The summed E-state index contributed by atoms with van der Waals surface area (Å²) < 4.78 is 4.48. The van der Waals surface area contributed by atoms with Gasteiger partial charge in [-0.1, -0.05) is 0 Å². The molecule has 0 bridgehead atoms. The summed E-state index contributed by atoms with van der Waals surface area (Å²) in [6, 6.07) is -0.205. The van der Waals surface area contributed by atoms with Gasteiger partial charge in [0.05, 0.1) is 19.3 Å². The summed E-state index contributed by atoms with van der Waals surface area (Å²) in [5.74, 6) is 0.143. The summed E-state index contributed by atoms with van der Waals surface area (Å²) in [7, 11) is 1.31. The number of H-pyrrole nitrogens is 1. The van der Waals surface area contributed by atoms with E-state index in [1.54, 1.807) is 6.92 Å². The van der Waals surface area contributed by atoms with Crippen LogP contribution >= 0.6 is 0 Å². The van der Waals surface area contributed by atoms with E-state index in [-0.39, 0.29) is 6.04 Å². The first-order valence-corrected chi connectivity index (χ1v) is 3.54. The molecule has 0 aliphatic rings. The number of imidazole rings is 1. The zero-order chi connectivity index (χ0) is 9.14. The average Bonchev–Trinajstić information content (AvgIpc) is 2.51. The van der Waals surface area contributed by atoms with E-state index in [2.05, 4.69) is 14.7 Å². The number of nitrogens with zero attached hydrogens (tertiary/aromatic N) is 1. The van der Waals surface area contributed by atoms with Crippen LogP contribution in [0.1, 0.15) is 29.3 Å². The molecular formula is C7H11N3O2. The van der Waals surface area contributed by atoms with Crippen molar-refractivity contribution in [3.63, 3.8) is 0 Å². The van der Waals surface area contributed by atoms with Crippen molar-refractivity contribution in [1.82, 2.24) is 9.97 Å². The maximum absolute atomic E-state index is 10.9. The van der Waals surface area contributed by atoms with Crippen LogP contribution in [0.4, 0.5) is 0 Å². The molecule has 1 unspecified atom stereocenters. The lowest BCUT2D eigenvalue weighted by Crippen LogP contribution is -2.08. The zero-order valence-corrected chi connectivity index (χ0v) is 7.00. The summed E-state index contributed by atoms with van der Waals surface area (Å²) in [5, 5.41) is 0. The van der Waals surface area contributed by atoms with Crippen molar-refractivity contribution in [1.29, 1.82) is 0 Å². The Bertz CT molecular complexity index is 280. The molecule has 0 spiro atoms. The van der Waals surface area contributed by atoms with Crippen molar-refractivity contribution in [2.75, 3.05) is 7.11 Å². The molecule has 0 radical (unpaired) electrons. The lowest BCUT2D eigenvalue weighted by molar-refractivity contribution is 0.0594. The van der Waals surface area contributed by atoms with E-state index in [9.17, 15) is 4.79 Å². The van der Waals surface area contributed by atoms with Crippen LogP contribution in [0.2, 0.25) is 0 Å². The maximum Gasteiger partial charge on any atom is 0.356 e. The average molecular weight is 169 g/mol. The van der Waals surface area contributed by atoms with Crippen LogP contribution in [0.15, 0.2) is 6.20 Å². The van der Waals surface area contributed by atoms with Gasteiger partial charge in [-0.2, -0.15) is 0 Å². The molecule has 0 aliphatic heterocycles. The van der Waals surface area contributed by atoms with Crippen LogP contribution in [-0.2, 0) is 4.74 Å². The van der Waals surface area contributed by atoms with Gasteiger partial charge in [0.15, 0.2) is 0 Å². The number of carbonyl (C=O) groups excluding carboxylic acids is 1. The molecule has 12 heavy (non-hydrogen) atoms. The Morgan fingerprint density at radius 2 is 2.50 bits per heavy atom. The smallest absolute Gasteiger partial charge is 0.356 e. The van der Waals surface area contributed by atoms with Crippen LogP contribution in [0.5, 0.6) is 0 Å². The highest BCUT2D eigenvalue weighted by Crippen LogP contribution is 2.05. The number of aromatic nitrogens is 2. The predicted molar refractivity (Wildman–Crippen MR) is 42.5 cm³/mol. The number of ether oxygens (including phenoxy) is 1. The van der Waals surface area contributed by atoms with Gasteiger partial charge in [-0.15, -0.1) is 0 Å². The molecule has 3 N–H and O–H groups in total. The van der Waals surface area contributed by atoms with Crippen LogP contribution in [0.25, 0.3) is 0 Å². The molecule has 0 aromatic carbocycles. The van der Waals surface area contributed by atoms with Crippen molar-refractivity contribution < 1.29 is 9.53 Å². The summed E-state index contributed by atoms with van der Waals surface area (Å²) >= 11 is 0. The van der Waals surface area contributed by atoms with E-state index < -0.39 is 5.97 Å². The highest BCUT2D eigenvalue weighted by molar-refractivity contribution is 5.86. The largest absolute Gasteiger partial charge is 0.464 e. The second kappa shape index (κ2) is 3.36. The lowest BCUT2D eigenvalue weighted by atomic mass is 10.3. The van der Waals surface area contributed by atoms with E-state index in [1.807, 2.05) is 0 Å². The fourth-order valence-corrected chi connectivity index (χ4v) is 0.782. The molecule has 5 heteroatoms. The Kier molecular flexibility index (Phi) is 2.44. The van der Waals surface area contributed by atoms with Crippen LogP contribution in [0.3, 0.4) is 0 Å². The van der Waals surface area contributed by atoms with Gasteiger partial charge in [0.1, 0.15) is 11.5 Å². The topological polar surface area (TPSA) is 81.0 Å². The first-order chi connectivity index (χ1) is 5.65. The van der Waals surface area contributed by atoms with Gasteiger partial charge in [-0.25, -0.2) is 9.78 Å². The van der Waals surface area contributed by atoms with Crippen LogP contribution < -0.4 is 5.73 Å². The molecule has 0 aliphatic carbocycles. The molecular weight excluding hydrogens is 158 g/mol. The monoisotopic (exact) mass is 169 g/mol. The molecule has 0 saturated carbocycles. The number of carbonyl (C=O) groups is 1. The Balaban J connectivity index is 2.84. The molecule has 1 rings (SSSR count). The number of nitrogens with one attached hydrogen (secondary N) is 1. The SMILES string of the molecule is COC(=O)c1cnc(C(C)N)[nH]1. The maximum atomic E-state index is 10.9. The summed E-state index contributed by atoms with van der Waals surface area (Å²) in [6.45, 7) is 1.78. The fourth-order valence-electron chi connectivity index (χ4n) is 0.782. The third-order valence-electron chi connectivity index (χ3n) is 1.43. The van der Waals surface area contributed by atoms with Gasteiger partial charge in [0.25, 0.3) is 0 Å². The van der Waals surface area contributed by atoms with Crippen LogP contribution in [-0.4, -0.2) is 23.0 Å². The van der Waals surface area contributed by atoms with Gasteiger partial charge in [0.2, 0.25) is 0 Å². The standard InChI is InChI=1S/C7H11N3O2/c1-4(8)6-9-3-5(10-6)7(11)12-2/h3-4H,8H2,1-2H3,(H,9,10). The molecule has 66 valence electrons. The Hall–Kier alpha value is -1.36. The van der Waals surface area contributed by atoms with E-state index in [0.29, 0.717) is 11.5 Å². The first-order valence-electron chi connectivity index (χ1n) is 3.54. The van der Waals surface area contributed by atoms with E-state index in [4.69, 9.17) is 5.73 Å². The second-order valence-electron chi connectivity index (χ2n) is 2.46. The minimum atomic E-state index is -0.436. The van der Waals surface area contributed by atoms with Gasteiger partial charge >= 0.3 is 5.97 Å². The minimum absolute atomic E-state index is 0.205. The van der Waals surface area contributed by atoms with Crippen molar-refractivity contribution in [2.45, 2.75) is 13.0 Å². The van der Waals surface area contributed by atoms with Gasteiger partial charge in [0, 0.05) is 0 Å². The quantitative estimate of drug-likeness (QED) is 0.620. The number of rotatable bonds is 2. The van der Waals surface area contributed by atoms with E-state index in [1.165, 1.54) is 13.3 Å². The second-order valence-corrected chi connectivity index (χ2v) is 2.46. The highest BCUT2D eigenvalue weighted by atomic mass is 16.5. The third kappa shape index (κ3) is 1.62. The molecule has 1 aromatic heterocycles. The van der Waals surface area contributed by atoms with Gasteiger partial charge in [-0.3, -0.25) is 0 Å².